The molecule has 16 heavy (non-hydrogen) atoms. The highest BCUT2D eigenvalue weighted by Gasteiger charge is 2.31. The van der Waals surface area contributed by atoms with Crippen molar-refractivity contribution in [3.63, 3.8) is 0 Å². The molecular weight excluding hydrogens is 206 g/mol. The number of carbonyl (C=O) groups excluding carboxylic acids is 1. The molecule has 0 spiro atoms. The summed E-state index contributed by atoms with van der Waals surface area (Å²) in [5.41, 5.74) is 0. The van der Waals surface area contributed by atoms with Crippen LogP contribution in [0.1, 0.15) is 33.1 Å². The van der Waals surface area contributed by atoms with Gasteiger partial charge >= 0.3 is 5.97 Å². The summed E-state index contributed by atoms with van der Waals surface area (Å²) in [6, 6.07) is 0.191. The molecule has 0 bridgehead atoms. The number of carbonyl (C=O) groups is 2. The molecule has 1 aliphatic carbocycles. The second kappa shape index (κ2) is 5.68. The number of carboxylic acid groups (broad SMARTS) is 1. The standard InChI is InChI=1S/C12H19NO3/c1-3-9-4-5-10(8(9)2)13-11(14)6-7-12(15)16/h6-10H,3-5H2,1-2H3,(H,13,14)(H,15,16). The fourth-order valence-corrected chi connectivity index (χ4v) is 2.41. The zero-order chi connectivity index (χ0) is 12.1. The predicted octanol–water partition coefficient (Wildman–Crippen LogP) is 1.57. The monoisotopic (exact) mass is 225 g/mol. The summed E-state index contributed by atoms with van der Waals surface area (Å²) in [7, 11) is 0. The van der Waals surface area contributed by atoms with Crippen LogP contribution in [0.5, 0.6) is 0 Å². The number of carboxylic acids is 1. The first-order valence-electron chi connectivity index (χ1n) is 5.76. The summed E-state index contributed by atoms with van der Waals surface area (Å²) in [6.45, 7) is 4.31. The quantitative estimate of drug-likeness (QED) is 0.714. The van der Waals surface area contributed by atoms with Gasteiger partial charge in [0.2, 0.25) is 5.91 Å². The minimum absolute atomic E-state index is 0.191. The van der Waals surface area contributed by atoms with Crippen LogP contribution in [0.4, 0.5) is 0 Å². The Morgan fingerprint density at radius 3 is 2.56 bits per heavy atom. The molecule has 1 aliphatic rings. The van der Waals surface area contributed by atoms with E-state index in [1.165, 1.54) is 0 Å². The van der Waals surface area contributed by atoms with E-state index in [0.717, 1.165) is 31.4 Å². The first-order chi connectivity index (χ1) is 7.54. The van der Waals surface area contributed by atoms with Gasteiger partial charge in [-0.25, -0.2) is 4.79 Å². The summed E-state index contributed by atoms with van der Waals surface area (Å²) < 4.78 is 0. The molecule has 0 heterocycles. The van der Waals surface area contributed by atoms with Gasteiger partial charge < -0.3 is 10.4 Å². The number of hydrogen-bond acceptors (Lipinski definition) is 2. The summed E-state index contributed by atoms with van der Waals surface area (Å²) >= 11 is 0. The molecule has 3 unspecified atom stereocenters. The number of aliphatic carboxylic acids is 1. The molecule has 90 valence electrons. The van der Waals surface area contributed by atoms with Crippen LogP contribution in [0.15, 0.2) is 12.2 Å². The minimum atomic E-state index is -1.10. The average Bonchev–Trinajstić information content (AvgIpc) is 2.57. The molecule has 0 radical (unpaired) electrons. The number of rotatable bonds is 4. The minimum Gasteiger partial charge on any atom is -0.478 e. The molecule has 0 aromatic rings. The second-order valence-electron chi connectivity index (χ2n) is 4.39. The van der Waals surface area contributed by atoms with Gasteiger partial charge in [-0.1, -0.05) is 20.3 Å². The lowest BCUT2D eigenvalue weighted by Gasteiger charge is -2.20. The Hall–Kier alpha value is -1.32. The van der Waals surface area contributed by atoms with Crippen LogP contribution in [-0.4, -0.2) is 23.0 Å². The molecule has 0 saturated heterocycles. The third-order valence-electron chi connectivity index (χ3n) is 3.46. The van der Waals surface area contributed by atoms with E-state index in [1.54, 1.807) is 0 Å². The van der Waals surface area contributed by atoms with E-state index in [1.807, 2.05) is 0 Å². The van der Waals surface area contributed by atoms with Crippen molar-refractivity contribution in [3.05, 3.63) is 12.2 Å². The first kappa shape index (κ1) is 12.7. The smallest absolute Gasteiger partial charge is 0.328 e. The molecule has 3 atom stereocenters. The average molecular weight is 225 g/mol. The van der Waals surface area contributed by atoms with Gasteiger partial charge in [0.1, 0.15) is 0 Å². The highest BCUT2D eigenvalue weighted by molar-refractivity contribution is 5.94. The van der Waals surface area contributed by atoms with Crippen molar-refractivity contribution in [3.8, 4) is 0 Å². The second-order valence-corrected chi connectivity index (χ2v) is 4.39. The van der Waals surface area contributed by atoms with Crippen molar-refractivity contribution in [2.45, 2.75) is 39.2 Å². The number of amides is 1. The topological polar surface area (TPSA) is 66.4 Å². The molecule has 4 nitrogen and oxygen atoms in total. The van der Waals surface area contributed by atoms with Crippen molar-refractivity contribution in [1.82, 2.24) is 5.32 Å². The van der Waals surface area contributed by atoms with E-state index in [2.05, 4.69) is 19.2 Å². The molecule has 1 amide bonds. The maximum absolute atomic E-state index is 11.4. The maximum atomic E-state index is 11.4. The normalized spacial score (nSPS) is 29.5. The maximum Gasteiger partial charge on any atom is 0.328 e. The Labute approximate surface area is 95.7 Å². The van der Waals surface area contributed by atoms with Gasteiger partial charge in [-0.3, -0.25) is 4.79 Å². The Morgan fingerprint density at radius 1 is 1.38 bits per heavy atom. The van der Waals surface area contributed by atoms with Gasteiger partial charge in [0, 0.05) is 18.2 Å². The summed E-state index contributed by atoms with van der Waals surface area (Å²) in [5.74, 6) is -0.252. The van der Waals surface area contributed by atoms with Crippen molar-refractivity contribution in [2.75, 3.05) is 0 Å². The molecule has 0 aromatic heterocycles. The van der Waals surface area contributed by atoms with Gasteiger partial charge in [0.15, 0.2) is 0 Å². The zero-order valence-corrected chi connectivity index (χ0v) is 9.77. The zero-order valence-electron chi connectivity index (χ0n) is 9.77. The molecule has 4 heteroatoms. The van der Waals surface area contributed by atoms with Crippen LogP contribution in [0, 0.1) is 11.8 Å². The van der Waals surface area contributed by atoms with Crippen LogP contribution >= 0.6 is 0 Å². The molecule has 2 N–H and O–H groups in total. The van der Waals surface area contributed by atoms with E-state index < -0.39 is 5.97 Å². The van der Waals surface area contributed by atoms with Gasteiger partial charge in [-0.05, 0) is 24.7 Å². The highest BCUT2D eigenvalue weighted by Crippen LogP contribution is 2.33. The third kappa shape index (κ3) is 3.36. The van der Waals surface area contributed by atoms with E-state index in [9.17, 15) is 9.59 Å². The summed E-state index contributed by atoms with van der Waals surface area (Å²) in [4.78, 5) is 21.6. The highest BCUT2D eigenvalue weighted by atomic mass is 16.4. The fraction of sp³-hybridized carbons (Fsp3) is 0.667. The van der Waals surface area contributed by atoms with Crippen LogP contribution in [0.25, 0.3) is 0 Å². The van der Waals surface area contributed by atoms with E-state index in [-0.39, 0.29) is 11.9 Å². The third-order valence-corrected chi connectivity index (χ3v) is 3.46. The first-order valence-corrected chi connectivity index (χ1v) is 5.76. The molecule has 1 fully saturated rings. The molecular formula is C12H19NO3. The lowest BCUT2D eigenvalue weighted by atomic mass is 9.93. The van der Waals surface area contributed by atoms with Gasteiger partial charge in [-0.2, -0.15) is 0 Å². The predicted molar refractivity (Wildman–Crippen MR) is 60.9 cm³/mol. The van der Waals surface area contributed by atoms with Crippen LogP contribution in [-0.2, 0) is 9.59 Å². The van der Waals surface area contributed by atoms with Crippen LogP contribution in [0.3, 0.4) is 0 Å². The summed E-state index contributed by atoms with van der Waals surface area (Å²) in [5, 5.41) is 11.2. The van der Waals surface area contributed by atoms with Gasteiger partial charge in [0.05, 0.1) is 0 Å². The molecule has 0 aliphatic heterocycles. The number of hydrogen-bond donors (Lipinski definition) is 2. The summed E-state index contributed by atoms with van der Waals surface area (Å²) in [6.07, 6.45) is 5.22. The molecule has 1 rings (SSSR count). The fourth-order valence-electron chi connectivity index (χ4n) is 2.41. The van der Waals surface area contributed by atoms with Crippen LogP contribution < -0.4 is 5.32 Å². The van der Waals surface area contributed by atoms with Crippen molar-refractivity contribution in [1.29, 1.82) is 0 Å². The molecule has 0 aromatic carbocycles. The van der Waals surface area contributed by atoms with Crippen molar-refractivity contribution < 1.29 is 14.7 Å². The lowest BCUT2D eigenvalue weighted by molar-refractivity contribution is -0.131. The van der Waals surface area contributed by atoms with E-state index in [0.29, 0.717) is 11.8 Å². The Balaban J connectivity index is 2.44. The van der Waals surface area contributed by atoms with Crippen LogP contribution in [0.2, 0.25) is 0 Å². The van der Waals surface area contributed by atoms with Gasteiger partial charge in [0.25, 0.3) is 0 Å². The Kier molecular flexibility index (Phi) is 4.52. The largest absolute Gasteiger partial charge is 0.478 e. The number of nitrogens with one attached hydrogen (secondary N) is 1. The SMILES string of the molecule is CCC1CCC(NC(=O)C=CC(=O)O)C1C. The Morgan fingerprint density at radius 2 is 2.06 bits per heavy atom. The van der Waals surface area contributed by atoms with Crippen molar-refractivity contribution in [2.24, 2.45) is 11.8 Å². The van der Waals surface area contributed by atoms with E-state index >= 15 is 0 Å². The van der Waals surface area contributed by atoms with E-state index in [4.69, 9.17) is 5.11 Å². The molecule has 1 saturated carbocycles. The Bertz CT molecular complexity index is 299. The van der Waals surface area contributed by atoms with Crippen molar-refractivity contribution >= 4 is 11.9 Å². The van der Waals surface area contributed by atoms with Gasteiger partial charge in [-0.15, -0.1) is 0 Å². The lowest BCUT2D eigenvalue weighted by Crippen LogP contribution is -2.36.